The van der Waals surface area contributed by atoms with Gasteiger partial charge >= 0.3 is 11.9 Å². The SMILES string of the molecule is O=C(O)C[C@@H](NC(=O)CC1C=CCC1)C(=O)O. The van der Waals surface area contributed by atoms with E-state index in [1.165, 1.54) is 0 Å². The number of allylic oxidation sites excluding steroid dienone is 2. The van der Waals surface area contributed by atoms with Gasteiger partial charge in [-0.25, -0.2) is 4.79 Å². The second-order valence-electron chi connectivity index (χ2n) is 4.03. The molecule has 1 amide bonds. The Balaban J connectivity index is 2.43. The summed E-state index contributed by atoms with van der Waals surface area (Å²) in [5, 5.41) is 19.5. The Morgan fingerprint density at radius 1 is 1.35 bits per heavy atom. The van der Waals surface area contributed by atoms with Crippen molar-refractivity contribution in [3.8, 4) is 0 Å². The molecule has 0 saturated carbocycles. The molecule has 0 aromatic heterocycles. The predicted molar refractivity (Wildman–Crippen MR) is 58.3 cm³/mol. The maximum absolute atomic E-state index is 11.5. The van der Waals surface area contributed by atoms with E-state index in [2.05, 4.69) is 5.32 Å². The van der Waals surface area contributed by atoms with Crippen LogP contribution in [0, 0.1) is 5.92 Å². The first-order chi connectivity index (χ1) is 7.99. The number of carbonyl (C=O) groups excluding carboxylic acids is 1. The fraction of sp³-hybridized carbons (Fsp3) is 0.545. The van der Waals surface area contributed by atoms with Gasteiger partial charge < -0.3 is 15.5 Å². The number of hydrogen-bond acceptors (Lipinski definition) is 3. The molecule has 0 fully saturated rings. The number of hydrogen-bond donors (Lipinski definition) is 3. The van der Waals surface area contributed by atoms with Crippen LogP contribution in [0.4, 0.5) is 0 Å². The maximum Gasteiger partial charge on any atom is 0.326 e. The molecule has 1 unspecified atom stereocenters. The molecule has 0 aliphatic heterocycles. The van der Waals surface area contributed by atoms with Crippen LogP contribution in [0.5, 0.6) is 0 Å². The summed E-state index contributed by atoms with van der Waals surface area (Å²) >= 11 is 0. The van der Waals surface area contributed by atoms with Gasteiger partial charge in [-0.15, -0.1) is 0 Å². The highest BCUT2D eigenvalue weighted by Gasteiger charge is 2.24. The molecule has 2 atom stereocenters. The number of aliphatic carboxylic acids is 2. The van der Waals surface area contributed by atoms with Crippen LogP contribution >= 0.6 is 0 Å². The predicted octanol–water partition coefficient (Wildman–Crippen LogP) is 0.387. The van der Waals surface area contributed by atoms with Crippen molar-refractivity contribution in [2.24, 2.45) is 5.92 Å². The van der Waals surface area contributed by atoms with Gasteiger partial charge in [0, 0.05) is 6.42 Å². The Labute approximate surface area is 98.3 Å². The number of carboxylic acid groups (broad SMARTS) is 2. The molecular weight excluding hydrogens is 226 g/mol. The molecule has 0 aromatic carbocycles. The normalized spacial score (nSPS) is 19.9. The first kappa shape index (κ1) is 13.2. The van der Waals surface area contributed by atoms with Crippen molar-refractivity contribution in [2.75, 3.05) is 0 Å². The number of carboxylic acids is 2. The van der Waals surface area contributed by atoms with E-state index in [1.54, 1.807) is 0 Å². The van der Waals surface area contributed by atoms with Gasteiger partial charge in [-0.1, -0.05) is 12.2 Å². The third-order valence-corrected chi connectivity index (χ3v) is 2.57. The smallest absolute Gasteiger partial charge is 0.326 e. The van der Waals surface area contributed by atoms with Gasteiger partial charge in [0.1, 0.15) is 6.04 Å². The lowest BCUT2D eigenvalue weighted by Gasteiger charge is -2.13. The van der Waals surface area contributed by atoms with Crippen LogP contribution in [0.3, 0.4) is 0 Å². The van der Waals surface area contributed by atoms with Crippen LogP contribution in [-0.2, 0) is 14.4 Å². The number of carbonyl (C=O) groups is 3. The highest BCUT2D eigenvalue weighted by molar-refractivity contribution is 5.86. The summed E-state index contributed by atoms with van der Waals surface area (Å²) in [5.74, 6) is -2.87. The van der Waals surface area contributed by atoms with Gasteiger partial charge in [0.25, 0.3) is 0 Å². The van der Waals surface area contributed by atoms with Crippen molar-refractivity contribution in [1.29, 1.82) is 0 Å². The zero-order chi connectivity index (χ0) is 12.8. The molecular formula is C11H15NO5. The van der Waals surface area contributed by atoms with Crippen molar-refractivity contribution >= 4 is 17.8 Å². The molecule has 1 aliphatic carbocycles. The second-order valence-corrected chi connectivity index (χ2v) is 4.03. The molecule has 3 N–H and O–H groups in total. The summed E-state index contributed by atoms with van der Waals surface area (Å²) in [7, 11) is 0. The minimum atomic E-state index is -1.36. The zero-order valence-electron chi connectivity index (χ0n) is 9.26. The topological polar surface area (TPSA) is 104 Å². The molecule has 0 bridgehead atoms. The van der Waals surface area contributed by atoms with Gasteiger partial charge in [-0.3, -0.25) is 9.59 Å². The first-order valence-corrected chi connectivity index (χ1v) is 5.39. The molecule has 0 heterocycles. The highest BCUT2D eigenvalue weighted by Crippen LogP contribution is 2.20. The van der Waals surface area contributed by atoms with Crippen molar-refractivity contribution in [3.05, 3.63) is 12.2 Å². The van der Waals surface area contributed by atoms with Crippen LogP contribution < -0.4 is 5.32 Å². The van der Waals surface area contributed by atoms with E-state index in [9.17, 15) is 14.4 Å². The Kier molecular flexibility index (Phi) is 4.68. The summed E-state index contributed by atoms with van der Waals surface area (Å²) < 4.78 is 0. The van der Waals surface area contributed by atoms with Gasteiger partial charge in [0.15, 0.2) is 0 Å². The molecule has 17 heavy (non-hydrogen) atoms. The Morgan fingerprint density at radius 2 is 2.06 bits per heavy atom. The number of amides is 1. The zero-order valence-corrected chi connectivity index (χ0v) is 9.26. The van der Waals surface area contributed by atoms with Gasteiger partial charge in [-0.2, -0.15) is 0 Å². The number of rotatable bonds is 6. The minimum Gasteiger partial charge on any atom is -0.481 e. The highest BCUT2D eigenvalue weighted by atomic mass is 16.4. The summed E-state index contributed by atoms with van der Waals surface area (Å²) in [6.45, 7) is 0. The Bertz CT molecular complexity index is 350. The average molecular weight is 241 g/mol. The molecule has 1 rings (SSSR count). The van der Waals surface area contributed by atoms with E-state index >= 15 is 0 Å². The standard InChI is InChI=1S/C11H15NO5/c13-9(5-7-3-1-2-4-7)12-8(11(16)17)6-10(14)15/h1,3,7-8H,2,4-6H2,(H,12,13)(H,14,15)(H,16,17)/t7?,8-/m1/s1. The largest absolute Gasteiger partial charge is 0.481 e. The monoisotopic (exact) mass is 241 g/mol. The molecule has 0 radical (unpaired) electrons. The second kappa shape index (κ2) is 6.03. The van der Waals surface area contributed by atoms with E-state index < -0.39 is 30.3 Å². The van der Waals surface area contributed by atoms with E-state index in [-0.39, 0.29) is 12.3 Å². The quantitative estimate of drug-likeness (QED) is 0.583. The fourth-order valence-corrected chi connectivity index (χ4v) is 1.73. The van der Waals surface area contributed by atoms with Crippen molar-refractivity contribution in [3.63, 3.8) is 0 Å². The third-order valence-electron chi connectivity index (χ3n) is 2.57. The Morgan fingerprint density at radius 3 is 2.53 bits per heavy atom. The van der Waals surface area contributed by atoms with Crippen molar-refractivity contribution < 1.29 is 24.6 Å². The van der Waals surface area contributed by atoms with Crippen LogP contribution in [0.1, 0.15) is 25.7 Å². The number of nitrogens with one attached hydrogen (secondary N) is 1. The van der Waals surface area contributed by atoms with Gasteiger partial charge in [0.05, 0.1) is 6.42 Å². The van der Waals surface area contributed by atoms with Crippen molar-refractivity contribution in [1.82, 2.24) is 5.32 Å². The summed E-state index contributed by atoms with van der Waals surface area (Å²) in [4.78, 5) is 32.6. The van der Waals surface area contributed by atoms with Crippen LogP contribution in [-0.4, -0.2) is 34.1 Å². The molecule has 6 nitrogen and oxygen atoms in total. The average Bonchev–Trinajstić information content (AvgIpc) is 2.68. The van der Waals surface area contributed by atoms with E-state index in [0.717, 1.165) is 12.8 Å². The lowest BCUT2D eigenvalue weighted by atomic mass is 10.0. The molecule has 6 heteroatoms. The molecule has 94 valence electrons. The molecule has 0 spiro atoms. The van der Waals surface area contributed by atoms with Gasteiger partial charge in [0.2, 0.25) is 5.91 Å². The van der Waals surface area contributed by atoms with E-state index in [4.69, 9.17) is 10.2 Å². The third kappa shape index (κ3) is 4.67. The summed E-state index contributed by atoms with van der Waals surface area (Å²) in [6.07, 6.45) is 5.30. The summed E-state index contributed by atoms with van der Waals surface area (Å²) in [5.41, 5.74) is 0. The van der Waals surface area contributed by atoms with Crippen molar-refractivity contribution in [2.45, 2.75) is 31.7 Å². The van der Waals surface area contributed by atoms with Crippen LogP contribution in [0.15, 0.2) is 12.2 Å². The van der Waals surface area contributed by atoms with Crippen LogP contribution in [0.25, 0.3) is 0 Å². The maximum atomic E-state index is 11.5. The lowest BCUT2D eigenvalue weighted by molar-refractivity contribution is -0.147. The fourth-order valence-electron chi connectivity index (χ4n) is 1.73. The Hall–Kier alpha value is -1.85. The van der Waals surface area contributed by atoms with E-state index in [0.29, 0.717) is 0 Å². The van der Waals surface area contributed by atoms with Gasteiger partial charge in [-0.05, 0) is 18.8 Å². The minimum absolute atomic E-state index is 0.134. The molecule has 1 aliphatic rings. The summed E-state index contributed by atoms with van der Waals surface area (Å²) in [6, 6.07) is -1.36. The first-order valence-electron chi connectivity index (χ1n) is 5.39. The molecule has 0 aromatic rings. The lowest BCUT2D eigenvalue weighted by Crippen LogP contribution is -2.42. The molecule has 0 saturated heterocycles. The van der Waals surface area contributed by atoms with Crippen LogP contribution in [0.2, 0.25) is 0 Å². The van der Waals surface area contributed by atoms with E-state index in [1.807, 2.05) is 12.2 Å².